The zero-order chi connectivity index (χ0) is 18.3. The van der Waals surface area contributed by atoms with Crippen molar-refractivity contribution in [2.24, 2.45) is 4.99 Å². The van der Waals surface area contributed by atoms with Gasteiger partial charge < -0.3 is 20.1 Å². The lowest BCUT2D eigenvalue weighted by Gasteiger charge is -2.30. The molecule has 0 spiro atoms. The van der Waals surface area contributed by atoms with Crippen molar-refractivity contribution in [3.05, 3.63) is 0 Å². The molecular weight excluding hydrogens is 465 g/mol. The molecule has 0 aromatic carbocycles. The summed E-state index contributed by atoms with van der Waals surface area (Å²) in [5, 5.41) is 7.20. The molecule has 1 saturated carbocycles. The summed E-state index contributed by atoms with van der Waals surface area (Å²) in [7, 11) is 0.995. The maximum Gasteiger partial charge on any atom is 0.191 e. The molecule has 0 aromatic heterocycles. The number of rotatable bonds is 12. The van der Waals surface area contributed by atoms with Crippen molar-refractivity contribution in [1.29, 1.82) is 0 Å². The molecule has 0 aliphatic heterocycles. The van der Waals surface area contributed by atoms with Gasteiger partial charge in [-0.25, -0.2) is 0 Å². The van der Waals surface area contributed by atoms with Crippen LogP contribution in [-0.4, -0.2) is 67.2 Å². The largest absolute Gasteiger partial charge is 0.382 e. The minimum absolute atomic E-state index is 0. The first-order valence-corrected chi connectivity index (χ1v) is 11.1. The highest BCUT2D eigenvalue weighted by molar-refractivity contribution is 14.0. The number of unbranched alkanes of at least 4 members (excludes halogenated alkanes) is 1. The van der Waals surface area contributed by atoms with Crippen LogP contribution in [0.3, 0.4) is 0 Å². The second kappa shape index (κ2) is 17.2. The number of halogens is 1. The lowest BCUT2D eigenvalue weighted by atomic mass is 9.95. The average molecular weight is 503 g/mol. The van der Waals surface area contributed by atoms with Crippen molar-refractivity contribution in [2.75, 3.05) is 45.8 Å². The van der Waals surface area contributed by atoms with Gasteiger partial charge in [-0.3, -0.25) is 9.20 Å². The first-order chi connectivity index (χ1) is 12.2. The Labute approximate surface area is 179 Å². The summed E-state index contributed by atoms with van der Waals surface area (Å²) in [5.74, 6) is 1.65. The third-order valence-electron chi connectivity index (χ3n) is 4.37. The third kappa shape index (κ3) is 11.7. The summed E-state index contributed by atoms with van der Waals surface area (Å²) < 4.78 is 22.5. The SMILES string of the molecule is CCNC(=NCCCCOCCOC)NC1CCCC(S(=O)CC)C1.I. The van der Waals surface area contributed by atoms with Crippen LogP contribution in [-0.2, 0) is 20.3 Å². The Kier molecular flexibility index (Phi) is 17.2. The molecule has 1 rings (SSSR count). The molecule has 1 aliphatic carbocycles. The highest BCUT2D eigenvalue weighted by atomic mass is 127. The molecule has 3 atom stereocenters. The topological polar surface area (TPSA) is 72.0 Å². The van der Waals surface area contributed by atoms with Gasteiger partial charge in [-0.15, -0.1) is 24.0 Å². The predicted octanol–water partition coefficient (Wildman–Crippen LogP) is 2.68. The third-order valence-corrected chi connectivity index (χ3v) is 6.11. The normalized spacial score (nSPS) is 21.7. The van der Waals surface area contributed by atoms with Gasteiger partial charge in [-0.1, -0.05) is 13.3 Å². The van der Waals surface area contributed by atoms with Crippen molar-refractivity contribution < 1.29 is 13.7 Å². The first-order valence-electron chi connectivity index (χ1n) is 9.69. The fourth-order valence-electron chi connectivity index (χ4n) is 3.02. The van der Waals surface area contributed by atoms with E-state index in [1.54, 1.807) is 7.11 Å². The molecule has 1 fully saturated rings. The molecule has 0 saturated heterocycles. The zero-order valence-corrected chi connectivity index (χ0v) is 19.8. The van der Waals surface area contributed by atoms with Crippen LogP contribution in [0, 0.1) is 0 Å². The van der Waals surface area contributed by atoms with Crippen LogP contribution >= 0.6 is 24.0 Å². The van der Waals surface area contributed by atoms with Crippen molar-refractivity contribution in [2.45, 2.75) is 63.7 Å². The van der Waals surface area contributed by atoms with E-state index in [4.69, 9.17) is 9.47 Å². The molecule has 0 radical (unpaired) electrons. The average Bonchev–Trinajstić information content (AvgIpc) is 2.63. The fraction of sp³-hybridized carbons (Fsp3) is 0.944. The van der Waals surface area contributed by atoms with E-state index < -0.39 is 10.8 Å². The Bertz CT molecular complexity index is 400. The molecular formula is C18H38IN3O3S. The summed E-state index contributed by atoms with van der Waals surface area (Å²) in [5.41, 5.74) is 0. The summed E-state index contributed by atoms with van der Waals surface area (Å²) in [6.45, 7) is 7.80. The monoisotopic (exact) mass is 503 g/mol. The van der Waals surface area contributed by atoms with Gasteiger partial charge in [0.2, 0.25) is 0 Å². The Morgan fingerprint density at radius 2 is 2.00 bits per heavy atom. The Balaban J connectivity index is 0.00000625. The van der Waals surface area contributed by atoms with Crippen LogP contribution in [0.1, 0.15) is 52.4 Å². The van der Waals surface area contributed by atoms with Crippen LogP contribution in [0.15, 0.2) is 4.99 Å². The van der Waals surface area contributed by atoms with Crippen LogP contribution < -0.4 is 10.6 Å². The lowest BCUT2D eigenvalue weighted by molar-refractivity contribution is 0.0690. The molecule has 0 aromatic rings. The van der Waals surface area contributed by atoms with Crippen LogP contribution in [0.25, 0.3) is 0 Å². The highest BCUT2D eigenvalue weighted by Crippen LogP contribution is 2.22. The van der Waals surface area contributed by atoms with E-state index in [9.17, 15) is 4.21 Å². The molecule has 0 heterocycles. The molecule has 0 bridgehead atoms. The number of hydrogen-bond donors (Lipinski definition) is 2. The Morgan fingerprint density at radius 3 is 2.69 bits per heavy atom. The van der Waals surface area contributed by atoms with E-state index in [1.807, 2.05) is 6.92 Å². The number of nitrogens with one attached hydrogen (secondary N) is 2. The van der Waals surface area contributed by atoms with E-state index in [1.165, 1.54) is 0 Å². The molecule has 0 amide bonds. The Hall–Kier alpha value is 0.0700. The van der Waals surface area contributed by atoms with E-state index in [0.29, 0.717) is 24.5 Å². The standard InChI is InChI=1S/C18H37N3O3S.HI/c1-4-19-18(20-11-6-7-12-24-14-13-23-3)21-16-9-8-10-17(15-16)25(22)5-2;/h16-17H,4-15H2,1-3H3,(H2,19,20,21);1H. The van der Waals surface area contributed by atoms with Crippen molar-refractivity contribution in [3.63, 3.8) is 0 Å². The van der Waals surface area contributed by atoms with E-state index in [-0.39, 0.29) is 24.0 Å². The van der Waals surface area contributed by atoms with Crippen LogP contribution in [0.5, 0.6) is 0 Å². The summed E-state index contributed by atoms with van der Waals surface area (Å²) in [6.07, 6.45) is 6.37. The van der Waals surface area contributed by atoms with Gasteiger partial charge in [0, 0.05) is 54.7 Å². The second-order valence-electron chi connectivity index (χ2n) is 6.37. The molecule has 156 valence electrons. The van der Waals surface area contributed by atoms with Gasteiger partial charge >= 0.3 is 0 Å². The number of guanidine groups is 1. The number of ether oxygens (including phenoxy) is 2. The molecule has 6 nitrogen and oxygen atoms in total. The van der Waals surface area contributed by atoms with Crippen molar-refractivity contribution in [1.82, 2.24) is 10.6 Å². The van der Waals surface area contributed by atoms with Crippen LogP contribution in [0.4, 0.5) is 0 Å². The van der Waals surface area contributed by atoms with Crippen molar-refractivity contribution >= 4 is 40.7 Å². The summed E-state index contributed by atoms with van der Waals surface area (Å²) in [4.78, 5) is 4.67. The van der Waals surface area contributed by atoms with Crippen molar-refractivity contribution in [3.8, 4) is 0 Å². The maximum absolute atomic E-state index is 12.1. The van der Waals surface area contributed by atoms with Gasteiger partial charge in [-0.2, -0.15) is 0 Å². The molecule has 1 aliphatic rings. The first kappa shape index (κ1) is 26.1. The van der Waals surface area contributed by atoms with E-state index in [0.717, 1.165) is 69.9 Å². The Morgan fingerprint density at radius 1 is 1.19 bits per heavy atom. The molecule has 26 heavy (non-hydrogen) atoms. The van der Waals surface area contributed by atoms with Gasteiger partial charge in [-0.05, 0) is 39.0 Å². The summed E-state index contributed by atoms with van der Waals surface area (Å²) in [6, 6.07) is 0.379. The zero-order valence-electron chi connectivity index (χ0n) is 16.6. The number of methoxy groups -OCH3 is 1. The minimum atomic E-state index is -0.688. The summed E-state index contributed by atoms with van der Waals surface area (Å²) >= 11 is 0. The number of aliphatic imine (C=N–C) groups is 1. The fourth-order valence-corrected chi connectivity index (χ4v) is 4.36. The second-order valence-corrected chi connectivity index (χ2v) is 8.38. The highest BCUT2D eigenvalue weighted by Gasteiger charge is 2.25. The maximum atomic E-state index is 12.1. The molecule has 2 N–H and O–H groups in total. The van der Waals surface area contributed by atoms with Gasteiger partial charge in [0.15, 0.2) is 5.96 Å². The minimum Gasteiger partial charge on any atom is -0.382 e. The lowest BCUT2D eigenvalue weighted by Crippen LogP contribution is -2.46. The van der Waals surface area contributed by atoms with Gasteiger partial charge in [0.1, 0.15) is 0 Å². The number of hydrogen-bond acceptors (Lipinski definition) is 4. The van der Waals surface area contributed by atoms with Gasteiger partial charge in [0.05, 0.1) is 13.2 Å². The van der Waals surface area contributed by atoms with E-state index >= 15 is 0 Å². The van der Waals surface area contributed by atoms with Crippen LogP contribution in [0.2, 0.25) is 0 Å². The molecule has 3 unspecified atom stereocenters. The quantitative estimate of drug-likeness (QED) is 0.186. The van der Waals surface area contributed by atoms with E-state index in [2.05, 4.69) is 22.5 Å². The predicted molar refractivity (Wildman–Crippen MR) is 121 cm³/mol. The molecule has 8 heteroatoms. The van der Waals surface area contributed by atoms with Gasteiger partial charge in [0.25, 0.3) is 0 Å². The smallest absolute Gasteiger partial charge is 0.191 e. The number of nitrogens with zero attached hydrogens (tertiary/aromatic N) is 1.